The number of aryl methyl sites for hydroxylation is 1. The second kappa shape index (κ2) is 6.69. The van der Waals surface area contributed by atoms with E-state index in [1.54, 1.807) is 12.1 Å². The molecule has 1 N–H and O–H groups in total. The Labute approximate surface area is 124 Å². The minimum Gasteiger partial charge on any atom is -0.354 e. The minimum absolute atomic E-state index is 0.121. The van der Waals surface area contributed by atoms with Crippen LogP contribution < -0.4 is 4.72 Å². The lowest BCUT2D eigenvalue weighted by atomic mass is 10.2. The van der Waals surface area contributed by atoms with Crippen LogP contribution >= 0.6 is 0 Å². The minimum atomic E-state index is -3.57. The number of nitrogens with zero attached hydrogens (tertiary/aromatic N) is 1. The van der Waals surface area contributed by atoms with Gasteiger partial charge < -0.3 is 4.57 Å². The third-order valence-electron chi connectivity index (χ3n) is 3.10. The van der Waals surface area contributed by atoms with E-state index < -0.39 is 10.0 Å². The van der Waals surface area contributed by atoms with Crippen molar-refractivity contribution in [3.8, 4) is 0 Å². The van der Waals surface area contributed by atoms with E-state index in [4.69, 9.17) is 0 Å². The summed E-state index contributed by atoms with van der Waals surface area (Å²) in [6.45, 7) is 2.52. The number of ketones is 1. The molecule has 21 heavy (non-hydrogen) atoms. The molecule has 112 valence electrons. The van der Waals surface area contributed by atoms with Gasteiger partial charge in [-0.25, -0.2) is 13.1 Å². The molecule has 5 nitrogen and oxygen atoms in total. The lowest BCUT2D eigenvalue weighted by Gasteiger charge is -2.08. The van der Waals surface area contributed by atoms with Gasteiger partial charge in [0.1, 0.15) is 0 Å². The second-order valence-corrected chi connectivity index (χ2v) is 6.52. The third-order valence-corrected chi connectivity index (χ3v) is 4.56. The van der Waals surface area contributed by atoms with E-state index in [1.165, 1.54) is 19.1 Å². The molecule has 1 heterocycles. The molecule has 0 aliphatic carbocycles. The van der Waals surface area contributed by atoms with Crippen LogP contribution in [0.15, 0.2) is 53.7 Å². The van der Waals surface area contributed by atoms with Gasteiger partial charge in [-0.3, -0.25) is 4.79 Å². The van der Waals surface area contributed by atoms with Gasteiger partial charge in [-0.2, -0.15) is 0 Å². The van der Waals surface area contributed by atoms with Gasteiger partial charge in [0.05, 0.1) is 4.90 Å². The van der Waals surface area contributed by atoms with E-state index >= 15 is 0 Å². The number of carbonyl (C=O) groups excluding carboxylic acids is 1. The number of sulfonamides is 1. The maximum atomic E-state index is 12.1. The zero-order valence-electron chi connectivity index (χ0n) is 11.8. The van der Waals surface area contributed by atoms with E-state index in [0.717, 1.165) is 6.54 Å². The van der Waals surface area contributed by atoms with Crippen molar-refractivity contribution >= 4 is 15.8 Å². The number of rotatable bonds is 7. The van der Waals surface area contributed by atoms with Crippen LogP contribution in [0.2, 0.25) is 0 Å². The lowest BCUT2D eigenvalue weighted by molar-refractivity contribution is 0.101. The molecular weight excluding hydrogens is 288 g/mol. The lowest BCUT2D eigenvalue weighted by Crippen LogP contribution is -2.25. The Balaban J connectivity index is 1.95. The van der Waals surface area contributed by atoms with Crippen LogP contribution in [0.25, 0.3) is 0 Å². The van der Waals surface area contributed by atoms with Gasteiger partial charge in [0, 0.05) is 31.0 Å². The van der Waals surface area contributed by atoms with E-state index in [0.29, 0.717) is 18.5 Å². The van der Waals surface area contributed by atoms with Gasteiger partial charge in [0.25, 0.3) is 0 Å². The number of hydrogen-bond acceptors (Lipinski definition) is 3. The first-order valence-electron chi connectivity index (χ1n) is 6.70. The fourth-order valence-electron chi connectivity index (χ4n) is 1.95. The van der Waals surface area contributed by atoms with Gasteiger partial charge in [-0.15, -0.1) is 0 Å². The van der Waals surface area contributed by atoms with Crippen LogP contribution in [0.1, 0.15) is 23.7 Å². The summed E-state index contributed by atoms with van der Waals surface area (Å²) < 4.78 is 28.8. The Hall–Kier alpha value is -1.92. The smallest absolute Gasteiger partial charge is 0.240 e. The molecule has 0 radical (unpaired) electrons. The zero-order chi connectivity index (χ0) is 15.3. The number of carbonyl (C=O) groups is 1. The largest absolute Gasteiger partial charge is 0.354 e. The van der Waals surface area contributed by atoms with E-state index in [1.807, 2.05) is 29.1 Å². The van der Waals surface area contributed by atoms with Gasteiger partial charge >= 0.3 is 0 Å². The van der Waals surface area contributed by atoms with Crippen LogP contribution in [0.4, 0.5) is 0 Å². The first kappa shape index (κ1) is 15.5. The summed E-state index contributed by atoms with van der Waals surface area (Å²) in [5.74, 6) is -0.153. The van der Waals surface area contributed by atoms with E-state index in [-0.39, 0.29) is 10.7 Å². The number of nitrogens with one attached hydrogen (secondary N) is 1. The Morgan fingerprint density at radius 2 is 1.90 bits per heavy atom. The zero-order valence-corrected chi connectivity index (χ0v) is 12.6. The molecule has 0 aliphatic rings. The molecule has 0 fully saturated rings. The fraction of sp³-hybridized carbons (Fsp3) is 0.267. The van der Waals surface area contributed by atoms with E-state index in [2.05, 4.69) is 4.72 Å². The first-order valence-corrected chi connectivity index (χ1v) is 8.19. The van der Waals surface area contributed by atoms with Crippen molar-refractivity contribution in [3.05, 3.63) is 54.4 Å². The molecule has 2 aromatic rings. The van der Waals surface area contributed by atoms with Gasteiger partial charge in [-0.05, 0) is 37.6 Å². The maximum Gasteiger partial charge on any atom is 0.240 e. The van der Waals surface area contributed by atoms with Crippen molar-refractivity contribution in [2.75, 3.05) is 6.54 Å². The van der Waals surface area contributed by atoms with Crippen molar-refractivity contribution in [1.29, 1.82) is 0 Å². The van der Waals surface area contributed by atoms with Crippen LogP contribution in [-0.2, 0) is 16.6 Å². The SMILES string of the molecule is CC(=O)c1cccc(S(=O)(=O)NCCCn2cccc2)c1. The quantitative estimate of drug-likeness (QED) is 0.629. The molecule has 6 heteroatoms. The standard InChI is InChI=1S/C15H18N2O3S/c1-13(18)14-6-4-7-15(12-14)21(19,20)16-8-5-11-17-9-2-3-10-17/h2-4,6-7,9-10,12,16H,5,8,11H2,1H3. The molecule has 0 amide bonds. The summed E-state index contributed by atoms with van der Waals surface area (Å²) in [6, 6.07) is 9.92. The normalized spacial score (nSPS) is 11.5. The number of aromatic nitrogens is 1. The first-order chi connectivity index (χ1) is 9.99. The Morgan fingerprint density at radius 3 is 2.57 bits per heavy atom. The maximum absolute atomic E-state index is 12.1. The highest BCUT2D eigenvalue weighted by molar-refractivity contribution is 7.89. The summed E-state index contributed by atoms with van der Waals surface area (Å²) in [4.78, 5) is 11.4. The molecule has 0 saturated heterocycles. The highest BCUT2D eigenvalue weighted by Gasteiger charge is 2.14. The second-order valence-electron chi connectivity index (χ2n) is 4.76. The molecule has 0 aliphatic heterocycles. The van der Waals surface area contributed by atoms with E-state index in [9.17, 15) is 13.2 Å². The summed E-state index contributed by atoms with van der Waals surface area (Å²) >= 11 is 0. The summed E-state index contributed by atoms with van der Waals surface area (Å²) in [5, 5.41) is 0. The van der Waals surface area contributed by atoms with Gasteiger partial charge in [-0.1, -0.05) is 12.1 Å². The van der Waals surface area contributed by atoms with Crippen molar-refractivity contribution in [3.63, 3.8) is 0 Å². The van der Waals surface area contributed by atoms with Crippen LogP contribution in [0.5, 0.6) is 0 Å². The predicted octanol–water partition coefficient (Wildman–Crippen LogP) is 2.06. The summed E-state index contributed by atoms with van der Waals surface area (Å²) in [6.07, 6.45) is 4.57. The molecule has 0 atom stereocenters. The van der Waals surface area contributed by atoms with Crippen LogP contribution in [-0.4, -0.2) is 25.3 Å². The average molecular weight is 306 g/mol. The van der Waals surface area contributed by atoms with Gasteiger partial charge in [0.2, 0.25) is 10.0 Å². The molecule has 0 bridgehead atoms. The van der Waals surface area contributed by atoms with Gasteiger partial charge in [0.15, 0.2) is 5.78 Å². The highest BCUT2D eigenvalue weighted by atomic mass is 32.2. The average Bonchev–Trinajstić information content (AvgIpc) is 2.97. The molecule has 0 spiro atoms. The monoisotopic (exact) mass is 306 g/mol. The topological polar surface area (TPSA) is 68.2 Å². The molecule has 1 aromatic carbocycles. The predicted molar refractivity (Wildman–Crippen MR) is 80.7 cm³/mol. The highest BCUT2D eigenvalue weighted by Crippen LogP contribution is 2.12. The molecule has 0 saturated carbocycles. The third kappa shape index (κ3) is 4.27. The molecule has 0 unspecified atom stereocenters. The number of Topliss-reactive ketones (excluding diaryl/α,β-unsaturated/α-hetero) is 1. The Bertz CT molecular complexity index is 706. The van der Waals surface area contributed by atoms with Crippen molar-refractivity contribution in [2.45, 2.75) is 24.8 Å². The van der Waals surface area contributed by atoms with Crippen LogP contribution in [0, 0.1) is 0 Å². The van der Waals surface area contributed by atoms with Crippen molar-refractivity contribution in [1.82, 2.24) is 9.29 Å². The summed E-state index contributed by atoms with van der Waals surface area (Å²) in [7, 11) is -3.57. The van der Waals surface area contributed by atoms with Crippen molar-refractivity contribution in [2.24, 2.45) is 0 Å². The molecular formula is C15H18N2O3S. The Morgan fingerprint density at radius 1 is 1.19 bits per heavy atom. The Kier molecular flexibility index (Phi) is 4.93. The summed E-state index contributed by atoms with van der Waals surface area (Å²) in [5.41, 5.74) is 0.394. The van der Waals surface area contributed by atoms with Crippen LogP contribution in [0.3, 0.4) is 0 Å². The molecule has 2 rings (SSSR count). The van der Waals surface area contributed by atoms with Crippen molar-refractivity contribution < 1.29 is 13.2 Å². The number of hydrogen-bond donors (Lipinski definition) is 1. The molecule has 1 aromatic heterocycles. The number of benzene rings is 1. The fourth-order valence-corrected chi connectivity index (χ4v) is 3.07.